The van der Waals surface area contributed by atoms with Crippen LogP contribution >= 0.6 is 15.9 Å². The molecule has 0 amide bonds. The second-order valence-electron chi connectivity index (χ2n) is 4.01. The van der Waals surface area contributed by atoms with Gasteiger partial charge in [-0.1, -0.05) is 15.9 Å². The van der Waals surface area contributed by atoms with Crippen LogP contribution in [0.2, 0.25) is 0 Å². The Bertz CT molecular complexity index is 498. The number of rotatable bonds is 7. The topological polar surface area (TPSA) is 52.0 Å². The zero-order valence-corrected chi connectivity index (χ0v) is 12.4. The van der Waals surface area contributed by atoms with Crippen LogP contribution in [0.4, 0.5) is 0 Å². The quantitative estimate of drug-likeness (QED) is 0.793. The number of hydrogen-bond acceptors (Lipinski definition) is 4. The van der Waals surface area contributed by atoms with E-state index in [1.165, 1.54) is 0 Å². The molecule has 1 heterocycles. The molecule has 0 aliphatic carbocycles. The van der Waals surface area contributed by atoms with Gasteiger partial charge in [0.15, 0.2) is 0 Å². The van der Waals surface area contributed by atoms with E-state index < -0.39 is 0 Å². The lowest BCUT2D eigenvalue weighted by molar-refractivity contribution is 0.312. The minimum atomic E-state index is 0.627. The van der Waals surface area contributed by atoms with Gasteiger partial charge >= 0.3 is 0 Å². The number of aromatic nitrogens is 3. The molecule has 0 unspecified atom stereocenters. The van der Waals surface area contributed by atoms with Crippen molar-refractivity contribution in [2.45, 2.75) is 20.0 Å². The Morgan fingerprint density at radius 1 is 1.32 bits per heavy atom. The Hall–Kier alpha value is -1.40. The van der Waals surface area contributed by atoms with Crippen LogP contribution < -0.4 is 10.1 Å². The smallest absolute Gasteiger partial charge is 0.146 e. The van der Waals surface area contributed by atoms with Gasteiger partial charge in [-0.05, 0) is 31.2 Å². The summed E-state index contributed by atoms with van der Waals surface area (Å²) in [7, 11) is 0. The zero-order valence-electron chi connectivity index (χ0n) is 10.8. The van der Waals surface area contributed by atoms with Gasteiger partial charge in [0, 0.05) is 17.6 Å². The van der Waals surface area contributed by atoms with Crippen LogP contribution in [0.3, 0.4) is 0 Å². The van der Waals surface area contributed by atoms with E-state index in [4.69, 9.17) is 4.74 Å². The van der Waals surface area contributed by atoms with E-state index in [2.05, 4.69) is 38.4 Å². The molecule has 2 rings (SSSR count). The first-order valence-electron chi connectivity index (χ1n) is 6.25. The summed E-state index contributed by atoms with van der Waals surface area (Å²) in [5.41, 5.74) is 0. The summed E-state index contributed by atoms with van der Waals surface area (Å²) >= 11 is 3.39. The van der Waals surface area contributed by atoms with E-state index in [0.717, 1.165) is 29.1 Å². The summed E-state index contributed by atoms with van der Waals surface area (Å²) < 4.78 is 8.68. The van der Waals surface area contributed by atoms with Crippen molar-refractivity contribution < 1.29 is 4.74 Å². The molecule has 1 N–H and O–H groups in total. The predicted octanol–water partition coefficient (Wildman–Crippen LogP) is 2.23. The van der Waals surface area contributed by atoms with Gasteiger partial charge in [-0.25, -0.2) is 0 Å². The Morgan fingerprint density at radius 3 is 2.84 bits per heavy atom. The van der Waals surface area contributed by atoms with Gasteiger partial charge in [0.25, 0.3) is 0 Å². The van der Waals surface area contributed by atoms with E-state index in [1.54, 1.807) is 6.33 Å². The number of ether oxygens (including phenoxy) is 1. The van der Waals surface area contributed by atoms with Crippen LogP contribution in [-0.4, -0.2) is 27.9 Å². The van der Waals surface area contributed by atoms with Crippen molar-refractivity contribution in [2.75, 3.05) is 13.2 Å². The van der Waals surface area contributed by atoms with E-state index in [0.29, 0.717) is 13.2 Å². The zero-order chi connectivity index (χ0) is 13.5. The molecule has 0 saturated carbocycles. The molecule has 5 nitrogen and oxygen atoms in total. The Balaban J connectivity index is 1.66. The fourth-order valence-corrected chi connectivity index (χ4v) is 1.92. The second kappa shape index (κ2) is 7.25. The molecule has 102 valence electrons. The van der Waals surface area contributed by atoms with Gasteiger partial charge in [-0.2, -0.15) is 0 Å². The van der Waals surface area contributed by atoms with Crippen molar-refractivity contribution in [3.63, 3.8) is 0 Å². The Kier molecular flexibility index (Phi) is 5.35. The third kappa shape index (κ3) is 4.33. The fourth-order valence-electron chi connectivity index (χ4n) is 1.65. The highest BCUT2D eigenvalue weighted by molar-refractivity contribution is 9.10. The van der Waals surface area contributed by atoms with Crippen LogP contribution in [0.5, 0.6) is 5.75 Å². The standard InChI is InChI=1S/C13H17BrN4O/c1-2-18-10-16-17-13(18)9-15-7-8-19-12-5-3-11(14)4-6-12/h3-6,10,15H,2,7-9H2,1H3. The van der Waals surface area contributed by atoms with Gasteiger partial charge in [-0.15, -0.1) is 10.2 Å². The first-order valence-corrected chi connectivity index (χ1v) is 7.04. The first kappa shape index (κ1) is 14.0. The minimum Gasteiger partial charge on any atom is -0.492 e. The largest absolute Gasteiger partial charge is 0.492 e. The highest BCUT2D eigenvalue weighted by atomic mass is 79.9. The maximum absolute atomic E-state index is 5.61. The highest BCUT2D eigenvalue weighted by Crippen LogP contribution is 2.15. The number of halogens is 1. The molecular weight excluding hydrogens is 308 g/mol. The molecule has 19 heavy (non-hydrogen) atoms. The molecule has 0 fully saturated rings. The number of nitrogens with one attached hydrogen (secondary N) is 1. The predicted molar refractivity (Wildman–Crippen MR) is 77.0 cm³/mol. The molecule has 0 saturated heterocycles. The molecule has 0 spiro atoms. The van der Waals surface area contributed by atoms with Crippen molar-refractivity contribution in [2.24, 2.45) is 0 Å². The Morgan fingerprint density at radius 2 is 2.11 bits per heavy atom. The van der Waals surface area contributed by atoms with Crippen LogP contribution in [-0.2, 0) is 13.1 Å². The highest BCUT2D eigenvalue weighted by Gasteiger charge is 2.01. The summed E-state index contributed by atoms with van der Waals surface area (Å²) in [6, 6.07) is 7.81. The number of nitrogens with zero attached hydrogens (tertiary/aromatic N) is 3. The van der Waals surface area contributed by atoms with E-state index >= 15 is 0 Å². The number of benzene rings is 1. The maximum Gasteiger partial charge on any atom is 0.146 e. The molecule has 0 aliphatic rings. The summed E-state index contributed by atoms with van der Waals surface area (Å²) in [6.45, 7) is 5.06. The monoisotopic (exact) mass is 324 g/mol. The van der Waals surface area contributed by atoms with Gasteiger partial charge in [0.1, 0.15) is 24.5 Å². The second-order valence-corrected chi connectivity index (χ2v) is 4.93. The van der Waals surface area contributed by atoms with Gasteiger partial charge < -0.3 is 14.6 Å². The SMILES string of the molecule is CCn1cnnc1CNCCOc1ccc(Br)cc1. The molecule has 2 aromatic rings. The third-order valence-electron chi connectivity index (χ3n) is 2.68. The number of aryl methyl sites for hydroxylation is 1. The molecule has 1 aromatic heterocycles. The summed E-state index contributed by atoms with van der Waals surface area (Å²) in [5, 5.41) is 11.2. The lowest BCUT2D eigenvalue weighted by atomic mass is 10.3. The molecular formula is C13H17BrN4O. The lowest BCUT2D eigenvalue weighted by Crippen LogP contribution is -2.22. The van der Waals surface area contributed by atoms with Crippen LogP contribution in [0.15, 0.2) is 35.1 Å². The average molecular weight is 325 g/mol. The molecule has 0 aliphatic heterocycles. The van der Waals surface area contributed by atoms with Crippen LogP contribution in [0.1, 0.15) is 12.7 Å². The van der Waals surface area contributed by atoms with E-state index in [9.17, 15) is 0 Å². The van der Waals surface area contributed by atoms with E-state index in [1.807, 2.05) is 28.8 Å². The molecule has 1 aromatic carbocycles. The van der Waals surface area contributed by atoms with Crippen molar-refractivity contribution in [3.05, 3.63) is 40.9 Å². The van der Waals surface area contributed by atoms with Gasteiger partial charge in [0.05, 0.1) is 6.54 Å². The Labute approximate surface area is 121 Å². The minimum absolute atomic E-state index is 0.627. The molecule has 6 heteroatoms. The van der Waals surface area contributed by atoms with Gasteiger partial charge in [-0.3, -0.25) is 0 Å². The van der Waals surface area contributed by atoms with Crippen molar-refractivity contribution >= 4 is 15.9 Å². The first-order chi connectivity index (χ1) is 9.29. The fraction of sp³-hybridized carbons (Fsp3) is 0.385. The molecule has 0 atom stereocenters. The van der Waals surface area contributed by atoms with Crippen molar-refractivity contribution in [1.82, 2.24) is 20.1 Å². The maximum atomic E-state index is 5.61. The van der Waals surface area contributed by atoms with Crippen molar-refractivity contribution in [3.8, 4) is 5.75 Å². The summed E-state index contributed by atoms with van der Waals surface area (Å²) in [6.07, 6.45) is 1.75. The number of hydrogen-bond donors (Lipinski definition) is 1. The lowest BCUT2D eigenvalue weighted by Gasteiger charge is -2.08. The van der Waals surface area contributed by atoms with Crippen molar-refractivity contribution in [1.29, 1.82) is 0 Å². The molecule has 0 radical (unpaired) electrons. The third-order valence-corrected chi connectivity index (χ3v) is 3.21. The van der Waals surface area contributed by atoms with Gasteiger partial charge in [0.2, 0.25) is 0 Å². The molecule has 0 bridgehead atoms. The normalized spacial score (nSPS) is 10.6. The van der Waals surface area contributed by atoms with E-state index in [-0.39, 0.29) is 0 Å². The average Bonchev–Trinajstić information content (AvgIpc) is 2.88. The summed E-state index contributed by atoms with van der Waals surface area (Å²) in [5.74, 6) is 1.83. The summed E-state index contributed by atoms with van der Waals surface area (Å²) in [4.78, 5) is 0. The van der Waals surface area contributed by atoms with Crippen LogP contribution in [0, 0.1) is 0 Å². The van der Waals surface area contributed by atoms with Crippen LogP contribution in [0.25, 0.3) is 0 Å².